The maximum Gasteiger partial charge on any atom is 0.500 e. The summed E-state index contributed by atoms with van der Waals surface area (Å²) in [6.45, 7) is 6.53. The van der Waals surface area contributed by atoms with Gasteiger partial charge in [0.15, 0.2) is 19.0 Å². The van der Waals surface area contributed by atoms with E-state index in [-0.39, 0.29) is 0 Å². The van der Waals surface area contributed by atoms with Crippen molar-refractivity contribution in [3.8, 4) is 0 Å². The highest BCUT2D eigenvalue weighted by atomic mass is 28.4. The van der Waals surface area contributed by atoms with Crippen LogP contribution in [0.15, 0.2) is 43.1 Å². The first kappa shape index (κ1) is 19.7. The van der Waals surface area contributed by atoms with E-state index in [1.54, 1.807) is 21.3 Å². The molecule has 0 aromatic heterocycles. The van der Waals surface area contributed by atoms with Gasteiger partial charge in [-0.05, 0) is 31.7 Å². The molecule has 0 aliphatic rings. The van der Waals surface area contributed by atoms with Crippen molar-refractivity contribution in [3.05, 3.63) is 48.7 Å². The van der Waals surface area contributed by atoms with Crippen LogP contribution in [0.3, 0.4) is 0 Å². The predicted molar refractivity (Wildman–Crippen MR) is 96.0 cm³/mol. The lowest BCUT2D eigenvalue weighted by molar-refractivity contribution is -0.449. The minimum absolute atomic E-state index is 0.810. The molecule has 128 valence electrons. The van der Waals surface area contributed by atoms with E-state index in [0.29, 0.717) is 0 Å². The number of hydrogen-bond donors (Lipinski definition) is 1. The molecular weight excluding hydrogens is 308 g/mol. The quantitative estimate of drug-likeness (QED) is 0.275. The van der Waals surface area contributed by atoms with Crippen LogP contribution in [0, 0.1) is 0 Å². The largest absolute Gasteiger partial charge is 0.500 e. The topological polar surface area (TPSA) is 42.7 Å². The van der Waals surface area contributed by atoms with Crippen LogP contribution in [0.1, 0.15) is 12.0 Å². The molecule has 6 heteroatoms. The Morgan fingerprint density at radius 3 is 2.30 bits per heavy atom. The Bertz CT molecular complexity index is 468. The van der Waals surface area contributed by atoms with Gasteiger partial charge in [0.05, 0.1) is 6.54 Å². The fraction of sp³-hybridized carbons (Fsp3) is 0.471. The molecule has 0 heterocycles. The van der Waals surface area contributed by atoms with Gasteiger partial charge >= 0.3 is 8.80 Å². The number of rotatable bonds is 12. The summed E-state index contributed by atoms with van der Waals surface area (Å²) in [7, 11) is 2.51. The molecule has 1 aromatic rings. The van der Waals surface area contributed by atoms with Crippen LogP contribution >= 0.6 is 0 Å². The van der Waals surface area contributed by atoms with Gasteiger partial charge in [-0.25, -0.2) is 4.58 Å². The molecule has 0 aliphatic heterocycles. The molecule has 1 rings (SSSR count). The zero-order chi connectivity index (χ0) is 17.0. The van der Waals surface area contributed by atoms with Crippen molar-refractivity contribution >= 4 is 15.0 Å². The van der Waals surface area contributed by atoms with Crippen LogP contribution in [0.25, 0.3) is 0 Å². The standard InChI is InChI=1S/C17H29N2O3Si/c1-5-19(16-17-10-7-6-8-11-17)14-13-18-12-9-15-23(20-2,21-3)22-4/h5-8,10-11,16,18H,1,9,12-15H2,2-4H3/q+1. The Labute approximate surface area is 141 Å². The van der Waals surface area contributed by atoms with Gasteiger partial charge in [0, 0.05) is 32.9 Å². The lowest BCUT2D eigenvalue weighted by atomic mass is 10.2. The van der Waals surface area contributed by atoms with Crippen molar-refractivity contribution in [2.75, 3.05) is 41.0 Å². The maximum atomic E-state index is 5.40. The summed E-state index contributed by atoms with van der Waals surface area (Å²) in [5.74, 6) is 0. The molecule has 0 unspecified atom stereocenters. The van der Waals surface area contributed by atoms with E-state index < -0.39 is 8.80 Å². The van der Waals surface area contributed by atoms with Crippen molar-refractivity contribution in [2.45, 2.75) is 12.5 Å². The van der Waals surface area contributed by atoms with E-state index in [2.05, 4.69) is 34.8 Å². The molecule has 23 heavy (non-hydrogen) atoms. The first-order valence-corrected chi connectivity index (χ1v) is 9.77. The van der Waals surface area contributed by atoms with Crippen molar-refractivity contribution in [1.29, 1.82) is 0 Å². The van der Waals surface area contributed by atoms with E-state index in [9.17, 15) is 0 Å². The molecule has 0 fully saturated rings. The first-order valence-electron chi connectivity index (χ1n) is 7.84. The Morgan fingerprint density at radius 1 is 1.09 bits per heavy atom. The molecule has 0 amide bonds. The van der Waals surface area contributed by atoms with Crippen molar-refractivity contribution in [1.82, 2.24) is 5.32 Å². The molecule has 0 spiro atoms. The van der Waals surface area contributed by atoms with E-state index >= 15 is 0 Å². The van der Waals surface area contributed by atoms with Gasteiger partial charge in [-0.15, -0.1) is 0 Å². The summed E-state index contributed by atoms with van der Waals surface area (Å²) in [6, 6.07) is 11.0. The molecule has 5 nitrogen and oxygen atoms in total. The number of hydrogen-bond acceptors (Lipinski definition) is 4. The molecular formula is C17H29N2O3Si+. The average molecular weight is 338 g/mol. The molecule has 1 aromatic carbocycles. The third-order valence-electron chi connectivity index (χ3n) is 3.67. The second kappa shape index (κ2) is 11.3. The van der Waals surface area contributed by atoms with Crippen molar-refractivity contribution < 1.29 is 17.9 Å². The third-order valence-corrected chi connectivity index (χ3v) is 6.50. The van der Waals surface area contributed by atoms with E-state index in [1.165, 1.54) is 5.56 Å². The van der Waals surface area contributed by atoms with Gasteiger partial charge < -0.3 is 18.6 Å². The molecule has 0 saturated heterocycles. The summed E-state index contributed by atoms with van der Waals surface area (Å²) >= 11 is 0. The SMILES string of the molecule is C=C[N+](=Cc1ccccc1)CCNCCC[Si](OC)(OC)OC. The molecule has 0 aliphatic carbocycles. The monoisotopic (exact) mass is 337 g/mol. The molecule has 1 N–H and O–H groups in total. The summed E-state index contributed by atoms with van der Waals surface area (Å²) in [5.41, 5.74) is 1.17. The number of benzene rings is 1. The first-order chi connectivity index (χ1) is 11.2. The van der Waals surface area contributed by atoms with Crippen LogP contribution < -0.4 is 5.32 Å². The normalized spacial score (nSPS) is 12.4. The lowest BCUT2D eigenvalue weighted by Gasteiger charge is -2.24. The second-order valence-corrected chi connectivity index (χ2v) is 8.20. The zero-order valence-electron chi connectivity index (χ0n) is 14.5. The Kier molecular flexibility index (Phi) is 9.66. The summed E-state index contributed by atoms with van der Waals surface area (Å²) in [4.78, 5) is 0. The number of nitrogens with zero attached hydrogens (tertiary/aromatic N) is 1. The minimum Gasteiger partial charge on any atom is -0.377 e. The average Bonchev–Trinajstić information content (AvgIpc) is 2.61. The van der Waals surface area contributed by atoms with Crippen LogP contribution in [0.4, 0.5) is 0 Å². The maximum absolute atomic E-state index is 5.40. The fourth-order valence-corrected chi connectivity index (χ4v) is 3.98. The highest BCUT2D eigenvalue weighted by Gasteiger charge is 2.36. The smallest absolute Gasteiger partial charge is 0.377 e. The van der Waals surface area contributed by atoms with Gasteiger partial charge in [0.2, 0.25) is 0 Å². The second-order valence-electron chi connectivity index (χ2n) is 5.11. The summed E-state index contributed by atoms with van der Waals surface area (Å²) in [5, 5.41) is 3.43. The third kappa shape index (κ3) is 7.19. The van der Waals surface area contributed by atoms with E-state index in [0.717, 1.165) is 32.1 Å². The van der Waals surface area contributed by atoms with Crippen molar-refractivity contribution in [3.63, 3.8) is 0 Å². The molecule has 0 saturated carbocycles. The molecule has 0 atom stereocenters. The highest BCUT2D eigenvalue weighted by Crippen LogP contribution is 2.14. The summed E-state index contributed by atoms with van der Waals surface area (Å²) < 4.78 is 18.3. The molecule has 0 bridgehead atoms. The van der Waals surface area contributed by atoms with Crippen LogP contribution in [0.5, 0.6) is 0 Å². The predicted octanol–water partition coefficient (Wildman–Crippen LogP) is 2.12. The van der Waals surface area contributed by atoms with Crippen LogP contribution in [-0.4, -0.2) is 60.6 Å². The van der Waals surface area contributed by atoms with Crippen LogP contribution in [-0.2, 0) is 13.3 Å². The molecule has 0 radical (unpaired) electrons. The minimum atomic E-state index is -2.43. The Hall–Kier alpha value is -1.31. The van der Waals surface area contributed by atoms with Gasteiger partial charge in [0.25, 0.3) is 0 Å². The highest BCUT2D eigenvalue weighted by molar-refractivity contribution is 6.60. The van der Waals surface area contributed by atoms with E-state index in [4.69, 9.17) is 13.3 Å². The van der Waals surface area contributed by atoms with Crippen molar-refractivity contribution in [2.24, 2.45) is 0 Å². The Morgan fingerprint density at radius 2 is 1.74 bits per heavy atom. The number of nitrogens with one attached hydrogen (secondary N) is 1. The van der Waals surface area contributed by atoms with Gasteiger partial charge in [-0.3, -0.25) is 0 Å². The van der Waals surface area contributed by atoms with Crippen LogP contribution in [0.2, 0.25) is 6.04 Å². The van der Waals surface area contributed by atoms with Gasteiger partial charge in [-0.1, -0.05) is 18.2 Å². The van der Waals surface area contributed by atoms with Gasteiger partial charge in [-0.2, -0.15) is 0 Å². The Balaban J connectivity index is 2.28. The summed E-state index contributed by atoms with van der Waals surface area (Å²) in [6.07, 6.45) is 4.89. The fourth-order valence-electron chi connectivity index (χ4n) is 2.26. The lowest BCUT2D eigenvalue weighted by Crippen LogP contribution is -2.43. The zero-order valence-corrected chi connectivity index (χ0v) is 15.5. The van der Waals surface area contributed by atoms with E-state index in [1.807, 2.05) is 24.4 Å². The van der Waals surface area contributed by atoms with Gasteiger partial charge in [0.1, 0.15) is 0 Å².